The minimum atomic E-state index is -4.63. The maximum atomic E-state index is 13.6. The van der Waals surface area contributed by atoms with E-state index in [-0.39, 0.29) is 17.4 Å². The minimum Gasteiger partial charge on any atom is -0.473 e. The number of aromatic nitrogens is 3. The van der Waals surface area contributed by atoms with E-state index in [4.69, 9.17) is 4.74 Å². The zero-order chi connectivity index (χ0) is 28.2. The number of nitrogens with zero attached hydrogens (tertiary/aromatic N) is 3. The van der Waals surface area contributed by atoms with Gasteiger partial charge in [-0.15, -0.1) is 5.10 Å². The van der Waals surface area contributed by atoms with E-state index in [1.165, 1.54) is 44.4 Å². The number of hydrogen-bond acceptors (Lipinski definition) is 4. The summed E-state index contributed by atoms with van der Waals surface area (Å²) in [6, 6.07) is 9.65. The van der Waals surface area contributed by atoms with Gasteiger partial charge < -0.3 is 4.74 Å². The molecule has 2 saturated carbocycles. The van der Waals surface area contributed by atoms with E-state index < -0.39 is 48.7 Å². The van der Waals surface area contributed by atoms with Crippen LogP contribution in [-0.2, 0) is 12.7 Å². The molecule has 0 spiro atoms. The van der Waals surface area contributed by atoms with Gasteiger partial charge >= 0.3 is 6.18 Å². The summed E-state index contributed by atoms with van der Waals surface area (Å²) in [7, 11) is 0. The molecule has 2 fully saturated rings. The van der Waals surface area contributed by atoms with Crippen LogP contribution >= 0.6 is 0 Å². The Bertz CT molecular complexity index is 1310. The quantitative estimate of drug-likeness (QED) is 0.318. The van der Waals surface area contributed by atoms with Gasteiger partial charge in [0.05, 0.1) is 17.8 Å². The van der Waals surface area contributed by atoms with E-state index in [2.05, 4.69) is 10.1 Å². The maximum Gasteiger partial charge on any atom is 0.418 e. The molecule has 0 radical (unpaired) electrons. The van der Waals surface area contributed by atoms with Crippen molar-refractivity contribution in [3.8, 4) is 5.88 Å². The molecular formula is C28H29F6N3O2. The molecule has 5 nitrogen and oxygen atoms in total. The number of ether oxygens (including phenoxy) is 1. The molecular weight excluding hydrogens is 524 g/mol. The van der Waals surface area contributed by atoms with Crippen LogP contribution in [0.4, 0.5) is 26.3 Å². The van der Waals surface area contributed by atoms with Crippen molar-refractivity contribution in [2.45, 2.75) is 82.5 Å². The first-order valence-electron chi connectivity index (χ1n) is 12.8. The van der Waals surface area contributed by atoms with Gasteiger partial charge in [-0.3, -0.25) is 9.78 Å². The summed E-state index contributed by atoms with van der Waals surface area (Å²) in [6.45, 7) is 1.50. The molecule has 2 aromatic heterocycles. The number of aryl methyl sites for hydroxylation is 1. The Morgan fingerprint density at radius 2 is 1.74 bits per heavy atom. The smallest absolute Gasteiger partial charge is 0.418 e. The van der Waals surface area contributed by atoms with Crippen molar-refractivity contribution in [1.29, 1.82) is 0 Å². The minimum absolute atomic E-state index is 0.00287. The Morgan fingerprint density at radius 3 is 2.38 bits per heavy atom. The predicted octanol–water partition coefficient (Wildman–Crippen LogP) is 7.06. The summed E-state index contributed by atoms with van der Waals surface area (Å²) in [6.07, 6.45) is 1.06. The zero-order valence-electron chi connectivity index (χ0n) is 21.4. The lowest BCUT2D eigenvalue weighted by Crippen LogP contribution is -2.43. The van der Waals surface area contributed by atoms with E-state index in [1.54, 1.807) is 12.1 Å². The van der Waals surface area contributed by atoms with Gasteiger partial charge in [-0.25, -0.2) is 17.9 Å². The lowest BCUT2D eigenvalue weighted by molar-refractivity contribution is -0.138. The van der Waals surface area contributed by atoms with Gasteiger partial charge in [0.1, 0.15) is 11.9 Å². The fraction of sp³-hybridized carbons (Fsp3) is 0.464. The van der Waals surface area contributed by atoms with E-state index in [1.807, 2.05) is 13.0 Å². The SMILES string of the molecule is Cc1cccc(F)c1C1CCCCC1.O=c1ccc(OC2CC(F)(F)C2)nn1Cc1ncccc1C(F)(F)F. The van der Waals surface area contributed by atoms with E-state index in [9.17, 15) is 31.1 Å². The molecule has 1 aromatic carbocycles. The van der Waals surface area contributed by atoms with Crippen molar-refractivity contribution in [2.75, 3.05) is 0 Å². The Kier molecular flexibility index (Phi) is 8.66. The summed E-state index contributed by atoms with van der Waals surface area (Å²) in [4.78, 5) is 15.5. The second kappa shape index (κ2) is 11.8. The van der Waals surface area contributed by atoms with Gasteiger partial charge in [0.25, 0.3) is 11.5 Å². The van der Waals surface area contributed by atoms with Gasteiger partial charge in [-0.1, -0.05) is 31.4 Å². The number of pyridine rings is 1. The van der Waals surface area contributed by atoms with Crippen molar-refractivity contribution >= 4 is 0 Å². The summed E-state index contributed by atoms with van der Waals surface area (Å²) in [5.41, 5.74) is 0.0831. The molecule has 0 atom stereocenters. The van der Waals surface area contributed by atoms with Crippen LogP contribution < -0.4 is 10.3 Å². The Labute approximate surface area is 221 Å². The van der Waals surface area contributed by atoms with Crippen LogP contribution in [-0.4, -0.2) is 26.8 Å². The molecule has 5 rings (SSSR count). The van der Waals surface area contributed by atoms with E-state index in [0.717, 1.165) is 34.0 Å². The predicted molar refractivity (Wildman–Crippen MR) is 132 cm³/mol. The lowest BCUT2D eigenvalue weighted by Gasteiger charge is -2.34. The van der Waals surface area contributed by atoms with Crippen LogP contribution in [0.15, 0.2) is 53.5 Å². The topological polar surface area (TPSA) is 57.0 Å². The number of halogens is 6. The molecule has 0 bridgehead atoms. The van der Waals surface area contributed by atoms with Gasteiger partial charge in [0, 0.05) is 31.2 Å². The molecule has 2 aliphatic carbocycles. The molecule has 0 amide bonds. The zero-order valence-corrected chi connectivity index (χ0v) is 21.4. The van der Waals surface area contributed by atoms with E-state index in [0.29, 0.717) is 5.92 Å². The Hall–Kier alpha value is -3.37. The van der Waals surface area contributed by atoms with Crippen molar-refractivity contribution in [3.05, 3.63) is 87.2 Å². The molecule has 0 saturated heterocycles. The van der Waals surface area contributed by atoms with Crippen LogP contribution in [0.25, 0.3) is 0 Å². The van der Waals surface area contributed by atoms with Gasteiger partial charge in [0.15, 0.2) is 0 Å². The van der Waals surface area contributed by atoms with Crippen LogP contribution in [0.2, 0.25) is 0 Å². The highest BCUT2D eigenvalue weighted by atomic mass is 19.4. The molecule has 0 unspecified atom stereocenters. The first kappa shape index (κ1) is 28.6. The highest BCUT2D eigenvalue weighted by molar-refractivity contribution is 5.31. The fourth-order valence-electron chi connectivity index (χ4n) is 4.98. The normalized spacial score (nSPS) is 17.6. The molecule has 11 heteroatoms. The third-order valence-corrected chi connectivity index (χ3v) is 6.96. The van der Waals surface area contributed by atoms with Crippen LogP contribution in [0.1, 0.15) is 73.2 Å². The summed E-state index contributed by atoms with van der Waals surface area (Å²) >= 11 is 0. The van der Waals surface area contributed by atoms with Crippen molar-refractivity contribution in [1.82, 2.24) is 14.8 Å². The Morgan fingerprint density at radius 1 is 1.03 bits per heavy atom. The van der Waals surface area contributed by atoms with Crippen LogP contribution in [0.5, 0.6) is 5.88 Å². The average Bonchev–Trinajstić information content (AvgIpc) is 2.86. The molecule has 2 heterocycles. The highest BCUT2D eigenvalue weighted by Gasteiger charge is 2.47. The number of hydrogen-bond donors (Lipinski definition) is 0. The largest absolute Gasteiger partial charge is 0.473 e. The van der Waals surface area contributed by atoms with Gasteiger partial charge in [-0.2, -0.15) is 13.2 Å². The molecule has 3 aromatic rings. The average molecular weight is 554 g/mol. The van der Waals surface area contributed by atoms with Gasteiger partial charge in [-0.05, 0) is 55.0 Å². The summed E-state index contributed by atoms with van der Waals surface area (Å²) < 4.78 is 84.2. The second-order valence-corrected chi connectivity index (χ2v) is 9.97. The third-order valence-electron chi connectivity index (χ3n) is 6.96. The summed E-state index contributed by atoms with van der Waals surface area (Å²) in [5.74, 6) is -2.42. The molecule has 2 aliphatic rings. The van der Waals surface area contributed by atoms with Crippen LogP contribution in [0.3, 0.4) is 0 Å². The van der Waals surface area contributed by atoms with Crippen molar-refractivity contribution < 1.29 is 31.1 Å². The molecule has 0 aliphatic heterocycles. The number of rotatable bonds is 5. The monoisotopic (exact) mass is 553 g/mol. The first-order valence-corrected chi connectivity index (χ1v) is 12.8. The second-order valence-electron chi connectivity index (χ2n) is 9.97. The van der Waals surface area contributed by atoms with Crippen molar-refractivity contribution in [3.63, 3.8) is 0 Å². The molecule has 210 valence electrons. The van der Waals surface area contributed by atoms with Crippen molar-refractivity contribution in [2.24, 2.45) is 0 Å². The standard InChI is InChI=1S/C15H12F5N3O2.C13H17F/c16-14(17)6-9(7-14)25-12-3-4-13(24)23(22-12)8-11-10(15(18,19)20)2-1-5-21-11;1-10-6-5-9-12(14)13(10)11-7-3-2-4-8-11/h1-5,9H,6-8H2;5-6,9,11H,2-4,7-8H2,1H3. The van der Waals surface area contributed by atoms with E-state index >= 15 is 0 Å². The number of alkyl halides is 5. The fourth-order valence-corrected chi connectivity index (χ4v) is 4.98. The highest BCUT2D eigenvalue weighted by Crippen LogP contribution is 2.39. The summed E-state index contributed by atoms with van der Waals surface area (Å²) in [5, 5.41) is 3.79. The number of benzene rings is 1. The lowest BCUT2D eigenvalue weighted by atomic mass is 9.82. The molecule has 39 heavy (non-hydrogen) atoms. The Balaban J connectivity index is 0.000000212. The maximum absolute atomic E-state index is 13.6. The van der Waals surface area contributed by atoms with Gasteiger partial charge in [0.2, 0.25) is 5.88 Å². The van der Waals surface area contributed by atoms with Crippen LogP contribution in [0, 0.1) is 12.7 Å². The molecule has 0 N–H and O–H groups in total. The first-order chi connectivity index (χ1) is 18.4. The third kappa shape index (κ3) is 7.39.